The van der Waals surface area contributed by atoms with E-state index in [4.69, 9.17) is 9.47 Å². The molecule has 2 aromatic rings. The lowest BCUT2D eigenvalue weighted by molar-refractivity contribution is -0.130. The van der Waals surface area contributed by atoms with Gasteiger partial charge in [-0.3, -0.25) is 14.5 Å². The third-order valence-electron chi connectivity index (χ3n) is 5.71. The van der Waals surface area contributed by atoms with Crippen molar-refractivity contribution < 1.29 is 23.9 Å². The maximum atomic E-state index is 13.1. The molecule has 0 aliphatic carbocycles. The lowest BCUT2D eigenvalue weighted by Crippen LogP contribution is -2.46. The van der Waals surface area contributed by atoms with Gasteiger partial charge in [0.25, 0.3) is 5.91 Å². The van der Waals surface area contributed by atoms with Gasteiger partial charge in [-0.1, -0.05) is 51.1 Å². The number of imide groups is 1. The number of fused-ring (bicyclic) bond motifs is 1. The van der Waals surface area contributed by atoms with E-state index in [0.717, 1.165) is 16.0 Å². The summed E-state index contributed by atoms with van der Waals surface area (Å²) < 4.78 is 10.7. The predicted octanol–water partition coefficient (Wildman–Crippen LogP) is 3.45. The molecule has 2 aliphatic heterocycles. The molecule has 7 heteroatoms. The second-order valence-corrected chi connectivity index (χ2v) is 9.27. The molecule has 7 nitrogen and oxygen atoms in total. The summed E-state index contributed by atoms with van der Waals surface area (Å²) >= 11 is 0. The normalized spacial score (nSPS) is 20.2. The first-order chi connectivity index (χ1) is 14.6. The van der Waals surface area contributed by atoms with E-state index in [1.807, 2.05) is 18.2 Å². The molecule has 0 unspecified atom stereocenters. The number of benzene rings is 2. The number of hydrogen-bond donors (Lipinski definition) is 1. The van der Waals surface area contributed by atoms with Crippen molar-refractivity contribution >= 4 is 17.7 Å². The lowest BCUT2D eigenvalue weighted by atomic mass is 9.86. The maximum absolute atomic E-state index is 13.1. The molecule has 0 saturated carbocycles. The van der Waals surface area contributed by atoms with Crippen LogP contribution in [-0.2, 0) is 16.6 Å². The van der Waals surface area contributed by atoms with Gasteiger partial charge in [0.05, 0.1) is 6.54 Å². The molecular weight excluding hydrogens is 396 g/mol. The van der Waals surface area contributed by atoms with E-state index < -0.39 is 17.5 Å². The summed E-state index contributed by atoms with van der Waals surface area (Å²) in [5.41, 5.74) is 1.24. The highest BCUT2D eigenvalue weighted by molar-refractivity contribution is 6.11. The zero-order chi connectivity index (χ0) is 22.4. The first-order valence-corrected chi connectivity index (χ1v) is 10.2. The van der Waals surface area contributed by atoms with E-state index in [2.05, 4.69) is 26.1 Å². The Morgan fingerprint density at radius 3 is 2.42 bits per heavy atom. The summed E-state index contributed by atoms with van der Waals surface area (Å²) in [5.74, 6) is 0.565. The van der Waals surface area contributed by atoms with Crippen molar-refractivity contribution in [2.45, 2.75) is 45.1 Å². The van der Waals surface area contributed by atoms with Gasteiger partial charge in [-0.25, -0.2) is 4.79 Å². The molecule has 1 N–H and O–H groups in total. The van der Waals surface area contributed by atoms with Crippen molar-refractivity contribution in [2.75, 3.05) is 13.3 Å². The molecule has 1 saturated heterocycles. The first-order valence-electron chi connectivity index (χ1n) is 10.2. The monoisotopic (exact) mass is 422 g/mol. The Balaban J connectivity index is 1.47. The second kappa shape index (κ2) is 7.41. The number of ketones is 1. The number of nitrogens with one attached hydrogen (secondary N) is 1. The molecule has 162 valence electrons. The summed E-state index contributed by atoms with van der Waals surface area (Å²) in [4.78, 5) is 39.3. The summed E-state index contributed by atoms with van der Waals surface area (Å²) in [5, 5.41) is 2.75. The topological polar surface area (TPSA) is 84.9 Å². The van der Waals surface area contributed by atoms with Crippen LogP contribution in [0.1, 0.15) is 49.2 Å². The molecule has 0 aromatic heterocycles. The number of carbonyl (C=O) groups excluding carboxylic acids is 3. The van der Waals surface area contributed by atoms with Crippen molar-refractivity contribution in [1.29, 1.82) is 0 Å². The lowest BCUT2D eigenvalue weighted by Gasteiger charge is -2.22. The number of rotatable bonds is 5. The van der Waals surface area contributed by atoms with E-state index in [9.17, 15) is 14.4 Å². The van der Waals surface area contributed by atoms with Gasteiger partial charge in [0.2, 0.25) is 6.79 Å². The van der Waals surface area contributed by atoms with Gasteiger partial charge in [0, 0.05) is 12.0 Å². The molecular formula is C24H26N2O5. The third kappa shape index (κ3) is 4.00. The van der Waals surface area contributed by atoms with Crippen LogP contribution >= 0.6 is 0 Å². The van der Waals surface area contributed by atoms with Gasteiger partial charge in [-0.05, 0) is 35.6 Å². The predicted molar refractivity (Wildman–Crippen MR) is 114 cm³/mol. The zero-order valence-electron chi connectivity index (χ0n) is 18.2. The fourth-order valence-electron chi connectivity index (χ4n) is 3.86. The van der Waals surface area contributed by atoms with Crippen LogP contribution in [-0.4, -0.2) is 41.5 Å². The van der Waals surface area contributed by atoms with Gasteiger partial charge in [-0.15, -0.1) is 0 Å². The average molecular weight is 422 g/mol. The molecule has 0 bridgehead atoms. The van der Waals surface area contributed by atoms with E-state index in [-0.39, 0.29) is 31.0 Å². The number of Topliss-reactive ketones (excluding diaryl/α,β-unsaturated/α-hetero) is 1. The minimum atomic E-state index is -1.14. The van der Waals surface area contributed by atoms with Gasteiger partial charge in [0.1, 0.15) is 5.54 Å². The van der Waals surface area contributed by atoms with Crippen molar-refractivity contribution in [3.05, 3.63) is 59.2 Å². The van der Waals surface area contributed by atoms with E-state index >= 15 is 0 Å². The molecule has 4 rings (SSSR count). The van der Waals surface area contributed by atoms with E-state index in [0.29, 0.717) is 17.1 Å². The Morgan fingerprint density at radius 1 is 1.06 bits per heavy atom. The van der Waals surface area contributed by atoms with Gasteiger partial charge < -0.3 is 14.8 Å². The number of carbonyl (C=O) groups is 3. The number of ether oxygens (including phenoxy) is 2. The molecule has 0 radical (unpaired) electrons. The molecule has 1 atom stereocenters. The van der Waals surface area contributed by atoms with Gasteiger partial charge >= 0.3 is 6.03 Å². The molecule has 3 amide bonds. The molecule has 1 fully saturated rings. The summed E-state index contributed by atoms with van der Waals surface area (Å²) in [6, 6.07) is 12.2. The largest absolute Gasteiger partial charge is 0.454 e. The fourth-order valence-corrected chi connectivity index (χ4v) is 3.86. The quantitative estimate of drug-likeness (QED) is 0.589. The summed E-state index contributed by atoms with van der Waals surface area (Å²) in [7, 11) is 0. The first kappa shape index (κ1) is 20.9. The number of urea groups is 1. The Hall–Kier alpha value is -3.35. The van der Waals surface area contributed by atoms with Crippen LogP contribution < -0.4 is 14.8 Å². The Kier molecular flexibility index (Phi) is 5.00. The number of nitrogens with zero attached hydrogens (tertiary/aromatic N) is 1. The van der Waals surface area contributed by atoms with E-state index in [1.165, 1.54) is 0 Å². The van der Waals surface area contributed by atoms with Crippen molar-refractivity contribution in [1.82, 2.24) is 10.2 Å². The van der Waals surface area contributed by atoms with Crippen molar-refractivity contribution in [2.24, 2.45) is 0 Å². The van der Waals surface area contributed by atoms with Crippen molar-refractivity contribution in [3.63, 3.8) is 0 Å². The van der Waals surface area contributed by atoms with Crippen LogP contribution in [0, 0.1) is 0 Å². The van der Waals surface area contributed by atoms with Gasteiger partial charge in [-0.2, -0.15) is 0 Å². The Bertz CT molecular complexity index is 1050. The standard InChI is InChI=1S/C24H26N2O5/c1-23(2,3)17-8-6-16(7-9-17)18(27)13-26-21(28)24(4,25-22(26)29)12-15-5-10-19-20(11-15)31-14-30-19/h5-11H,12-14H2,1-4H3,(H,25,29)/t24-/m1/s1. The zero-order valence-corrected chi connectivity index (χ0v) is 18.2. The smallest absolute Gasteiger partial charge is 0.325 e. The highest BCUT2D eigenvalue weighted by Gasteiger charge is 2.48. The van der Waals surface area contributed by atoms with Crippen molar-refractivity contribution in [3.8, 4) is 11.5 Å². The minimum absolute atomic E-state index is 0.0249. The third-order valence-corrected chi connectivity index (χ3v) is 5.71. The average Bonchev–Trinajstić information content (AvgIpc) is 3.25. The van der Waals surface area contributed by atoms with Crippen LogP contribution in [0.3, 0.4) is 0 Å². The molecule has 31 heavy (non-hydrogen) atoms. The summed E-state index contributed by atoms with van der Waals surface area (Å²) in [6.45, 7) is 7.82. The summed E-state index contributed by atoms with van der Waals surface area (Å²) in [6.07, 6.45) is 0.277. The molecule has 2 aromatic carbocycles. The Labute approximate surface area is 181 Å². The maximum Gasteiger partial charge on any atom is 0.325 e. The fraction of sp³-hybridized carbons (Fsp3) is 0.375. The number of hydrogen-bond acceptors (Lipinski definition) is 5. The number of amides is 3. The van der Waals surface area contributed by atoms with Crippen LogP contribution in [0.2, 0.25) is 0 Å². The highest BCUT2D eigenvalue weighted by Crippen LogP contribution is 2.34. The van der Waals surface area contributed by atoms with Crippen LogP contribution in [0.25, 0.3) is 0 Å². The molecule has 2 aliphatic rings. The minimum Gasteiger partial charge on any atom is -0.454 e. The van der Waals surface area contributed by atoms with Crippen LogP contribution in [0.15, 0.2) is 42.5 Å². The highest BCUT2D eigenvalue weighted by atomic mass is 16.7. The molecule has 0 spiro atoms. The van der Waals surface area contributed by atoms with Gasteiger partial charge in [0.15, 0.2) is 17.3 Å². The second-order valence-electron chi connectivity index (χ2n) is 9.27. The van der Waals surface area contributed by atoms with E-state index in [1.54, 1.807) is 31.2 Å². The Morgan fingerprint density at radius 2 is 1.74 bits per heavy atom. The SMILES string of the molecule is CC(C)(C)c1ccc(C(=O)CN2C(=O)N[C@](C)(Cc3ccc4c(c3)OCO4)C2=O)cc1. The van der Waals surface area contributed by atoms with Crippen LogP contribution in [0.4, 0.5) is 4.79 Å². The molecule has 2 heterocycles. The van der Waals surface area contributed by atoms with Crippen LogP contribution in [0.5, 0.6) is 11.5 Å².